The first-order valence-corrected chi connectivity index (χ1v) is 9.91. The van der Waals surface area contributed by atoms with Crippen LogP contribution in [-0.2, 0) is 11.3 Å². The molecule has 1 aliphatic rings. The summed E-state index contributed by atoms with van der Waals surface area (Å²) in [5.41, 5.74) is 3.05. The Balaban J connectivity index is 1.62. The van der Waals surface area contributed by atoms with Gasteiger partial charge in [0.2, 0.25) is 0 Å². The van der Waals surface area contributed by atoms with Gasteiger partial charge in [-0.1, -0.05) is 11.6 Å². The summed E-state index contributed by atoms with van der Waals surface area (Å²) in [6.07, 6.45) is 6.43. The van der Waals surface area contributed by atoms with Crippen LogP contribution in [0.15, 0.2) is 36.9 Å². The van der Waals surface area contributed by atoms with Crippen LogP contribution in [-0.4, -0.2) is 43.1 Å². The SMILES string of the molecule is CCOC(=O)c1nccc2c1CN(C(C)c1cnc(-n3cc(Cl)cn3)c(C)c1)C2=O. The lowest BCUT2D eigenvalue weighted by atomic mass is 10.1. The number of halogens is 1. The van der Waals surface area contributed by atoms with Gasteiger partial charge in [0.05, 0.1) is 30.1 Å². The third kappa shape index (κ3) is 3.43. The number of aryl methyl sites for hydroxylation is 1. The lowest BCUT2D eigenvalue weighted by Gasteiger charge is -2.25. The average Bonchev–Trinajstić information content (AvgIpc) is 3.31. The smallest absolute Gasteiger partial charge is 0.357 e. The van der Waals surface area contributed by atoms with Gasteiger partial charge in [0.15, 0.2) is 11.5 Å². The van der Waals surface area contributed by atoms with E-state index in [1.165, 1.54) is 6.20 Å². The van der Waals surface area contributed by atoms with Gasteiger partial charge in [-0.3, -0.25) is 4.79 Å². The van der Waals surface area contributed by atoms with Gasteiger partial charge in [-0.15, -0.1) is 0 Å². The van der Waals surface area contributed by atoms with Crippen molar-refractivity contribution in [3.8, 4) is 5.82 Å². The first-order valence-electron chi connectivity index (χ1n) is 9.53. The van der Waals surface area contributed by atoms with E-state index in [0.717, 1.165) is 11.1 Å². The molecule has 0 N–H and O–H groups in total. The summed E-state index contributed by atoms with van der Waals surface area (Å²) in [5.74, 6) is 0.00474. The van der Waals surface area contributed by atoms with Crippen LogP contribution in [0.1, 0.15) is 57.4 Å². The van der Waals surface area contributed by atoms with Crippen molar-refractivity contribution in [1.82, 2.24) is 24.6 Å². The Morgan fingerprint density at radius 1 is 1.33 bits per heavy atom. The Labute approximate surface area is 178 Å². The zero-order valence-electron chi connectivity index (χ0n) is 16.8. The maximum Gasteiger partial charge on any atom is 0.357 e. The molecule has 0 aromatic carbocycles. The molecule has 0 spiro atoms. The fraction of sp³-hybridized carbons (Fsp3) is 0.286. The molecular formula is C21H20ClN5O3. The van der Waals surface area contributed by atoms with Crippen LogP contribution >= 0.6 is 11.6 Å². The van der Waals surface area contributed by atoms with Crippen molar-refractivity contribution in [2.24, 2.45) is 0 Å². The molecule has 154 valence electrons. The molecule has 4 rings (SSSR count). The maximum absolute atomic E-state index is 13.0. The molecule has 1 amide bonds. The van der Waals surface area contributed by atoms with E-state index in [1.54, 1.807) is 41.2 Å². The fourth-order valence-electron chi connectivity index (χ4n) is 3.59. The van der Waals surface area contributed by atoms with E-state index in [1.807, 2.05) is 19.9 Å². The van der Waals surface area contributed by atoms with Crippen LogP contribution in [0.4, 0.5) is 0 Å². The quantitative estimate of drug-likeness (QED) is 0.581. The predicted octanol–water partition coefficient (Wildman–Crippen LogP) is 3.52. The number of pyridine rings is 2. The fourth-order valence-corrected chi connectivity index (χ4v) is 3.73. The van der Waals surface area contributed by atoms with E-state index < -0.39 is 5.97 Å². The number of hydrogen-bond donors (Lipinski definition) is 0. The average molecular weight is 426 g/mol. The number of esters is 1. The summed E-state index contributed by atoms with van der Waals surface area (Å²) >= 11 is 5.95. The molecule has 0 fully saturated rings. The lowest BCUT2D eigenvalue weighted by molar-refractivity contribution is 0.0515. The third-order valence-corrected chi connectivity index (χ3v) is 5.33. The Morgan fingerprint density at radius 3 is 2.80 bits per heavy atom. The summed E-state index contributed by atoms with van der Waals surface area (Å²) in [6.45, 7) is 6.13. The minimum atomic E-state index is -0.517. The molecule has 4 heterocycles. The van der Waals surface area contributed by atoms with E-state index >= 15 is 0 Å². The molecule has 0 aliphatic carbocycles. The predicted molar refractivity (Wildman–Crippen MR) is 110 cm³/mol. The number of hydrogen-bond acceptors (Lipinski definition) is 6. The van der Waals surface area contributed by atoms with Crippen LogP contribution in [0.2, 0.25) is 5.02 Å². The zero-order chi connectivity index (χ0) is 21.4. The number of aromatic nitrogens is 4. The topological polar surface area (TPSA) is 90.2 Å². The van der Waals surface area contributed by atoms with Crippen LogP contribution in [0.25, 0.3) is 5.82 Å². The van der Waals surface area contributed by atoms with Crippen LogP contribution in [0.3, 0.4) is 0 Å². The summed E-state index contributed by atoms with van der Waals surface area (Å²) in [6, 6.07) is 3.37. The Hall–Kier alpha value is -3.26. The summed E-state index contributed by atoms with van der Waals surface area (Å²) in [7, 11) is 0. The molecule has 30 heavy (non-hydrogen) atoms. The number of nitrogens with zero attached hydrogens (tertiary/aromatic N) is 5. The number of carbonyl (C=O) groups is 2. The number of amides is 1. The highest BCUT2D eigenvalue weighted by Crippen LogP contribution is 2.33. The Bertz CT molecular complexity index is 1140. The van der Waals surface area contributed by atoms with Gasteiger partial charge in [0, 0.05) is 30.1 Å². The van der Waals surface area contributed by atoms with Gasteiger partial charge in [0.1, 0.15) is 0 Å². The van der Waals surface area contributed by atoms with Crippen molar-refractivity contribution in [2.75, 3.05) is 6.61 Å². The third-order valence-electron chi connectivity index (χ3n) is 5.13. The molecular weight excluding hydrogens is 406 g/mol. The van der Waals surface area contributed by atoms with E-state index in [4.69, 9.17) is 16.3 Å². The highest BCUT2D eigenvalue weighted by molar-refractivity contribution is 6.30. The number of rotatable bonds is 5. The van der Waals surface area contributed by atoms with Crippen molar-refractivity contribution in [1.29, 1.82) is 0 Å². The lowest BCUT2D eigenvalue weighted by Crippen LogP contribution is -2.27. The monoisotopic (exact) mass is 425 g/mol. The van der Waals surface area contributed by atoms with Gasteiger partial charge in [-0.2, -0.15) is 5.10 Å². The molecule has 0 saturated heterocycles. The summed E-state index contributed by atoms with van der Waals surface area (Å²) < 4.78 is 6.69. The van der Waals surface area contributed by atoms with Crippen LogP contribution in [0.5, 0.6) is 0 Å². The summed E-state index contributed by atoms with van der Waals surface area (Å²) in [4.78, 5) is 35.6. The molecule has 3 aromatic heterocycles. The minimum absolute atomic E-state index is 0.147. The van der Waals surface area contributed by atoms with E-state index in [-0.39, 0.29) is 30.8 Å². The van der Waals surface area contributed by atoms with Crippen LogP contribution < -0.4 is 0 Å². The highest BCUT2D eigenvalue weighted by atomic mass is 35.5. The normalized spacial score (nSPS) is 14.0. The number of fused-ring (bicyclic) bond motifs is 1. The number of carbonyl (C=O) groups excluding carboxylic acids is 2. The largest absolute Gasteiger partial charge is 0.461 e. The maximum atomic E-state index is 13.0. The van der Waals surface area contributed by atoms with Gasteiger partial charge >= 0.3 is 5.97 Å². The number of ether oxygens (including phenoxy) is 1. The minimum Gasteiger partial charge on any atom is -0.461 e. The van der Waals surface area contributed by atoms with Gasteiger partial charge < -0.3 is 9.64 Å². The molecule has 1 aliphatic heterocycles. The standard InChI is InChI=1S/C21H20ClN5O3/c1-4-30-21(29)18-17-11-26(20(28)16(17)5-6-23-18)13(3)14-7-12(2)19(24-8-14)27-10-15(22)9-25-27/h5-10,13H,4,11H2,1-3H3. The van der Waals surface area contributed by atoms with Crippen molar-refractivity contribution >= 4 is 23.5 Å². The molecule has 3 aromatic rings. The van der Waals surface area contributed by atoms with Crippen molar-refractivity contribution < 1.29 is 14.3 Å². The van der Waals surface area contributed by atoms with Crippen molar-refractivity contribution in [3.63, 3.8) is 0 Å². The molecule has 9 heteroatoms. The molecule has 8 nitrogen and oxygen atoms in total. The first kappa shape index (κ1) is 20.0. The molecule has 1 unspecified atom stereocenters. The van der Waals surface area contributed by atoms with Crippen LogP contribution in [0, 0.1) is 6.92 Å². The van der Waals surface area contributed by atoms with E-state index in [0.29, 0.717) is 22.0 Å². The van der Waals surface area contributed by atoms with E-state index in [9.17, 15) is 9.59 Å². The molecule has 0 saturated carbocycles. The van der Waals surface area contributed by atoms with Gasteiger partial charge in [0.25, 0.3) is 5.91 Å². The second kappa shape index (κ2) is 7.87. The Morgan fingerprint density at radius 2 is 2.13 bits per heavy atom. The van der Waals surface area contributed by atoms with Gasteiger partial charge in [-0.25, -0.2) is 19.4 Å². The highest BCUT2D eigenvalue weighted by Gasteiger charge is 2.35. The zero-order valence-corrected chi connectivity index (χ0v) is 17.6. The van der Waals surface area contributed by atoms with E-state index in [2.05, 4.69) is 15.1 Å². The molecule has 0 radical (unpaired) electrons. The van der Waals surface area contributed by atoms with Crippen molar-refractivity contribution in [3.05, 3.63) is 69.9 Å². The molecule has 1 atom stereocenters. The second-order valence-corrected chi connectivity index (χ2v) is 7.46. The van der Waals surface area contributed by atoms with Crippen molar-refractivity contribution in [2.45, 2.75) is 33.4 Å². The first-order chi connectivity index (χ1) is 14.4. The Kier molecular flexibility index (Phi) is 5.26. The second-order valence-electron chi connectivity index (χ2n) is 7.03. The van der Waals surface area contributed by atoms with Gasteiger partial charge in [-0.05, 0) is 44.0 Å². The molecule has 0 bridgehead atoms. The summed E-state index contributed by atoms with van der Waals surface area (Å²) in [5, 5.41) is 4.71.